The number of methoxy groups -OCH3 is 2. The maximum atomic E-state index is 12.4. The van der Waals surface area contributed by atoms with Crippen molar-refractivity contribution in [2.75, 3.05) is 14.2 Å². The normalized spacial score (nSPS) is 13.2. The van der Waals surface area contributed by atoms with Gasteiger partial charge in [-0.15, -0.1) is 0 Å². The molecule has 1 atom stereocenters. The molecule has 0 heterocycles. The molecular formula is C11H15F3N2O2. The molecule has 0 bridgehead atoms. The minimum absolute atomic E-state index is 0.353. The van der Waals surface area contributed by atoms with Crippen molar-refractivity contribution in [3.63, 3.8) is 0 Å². The van der Waals surface area contributed by atoms with Crippen LogP contribution >= 0.6 is 0 Å². The highest BCUT2D eigenvalue weighted by atomic mass is 19.4. The molecule has 3 N–H and O–H groups in total. The first kappa shape index (κ1) is 14.6. The number of halogens is 3. The van der Waals surface area contributed by atoms with Gasteiger partial charge in [0.1, 0.15) is 11.5 Å². The standard InChI is InChI=1S/C11H15F3N2O2/c1-17-8-3-7(4-9(5-8)18-2)10(16-15)6-11(12,13)14/h3-5,10,16H,6,15H2,1-2H3. The molecule has 0 radical (unpaired) electrons. The Kier molecular flexibility index (Phi) is 4.80. The molecule has 0 spiro atoms. The van der Waals surface area contributed by atoms with Crippen molar-refractivity contribution in [1.29, 1.82) is 0 Å². The number of nitrogens with one attached hydrogen (secondary N) is 1. The minimum atomic E-state index is -4.31. The van der Waals surface area contributed by atoms with Gasteiger partial charge in [0.2, 0.25) is 0 Å². The summed E-state index contributed by atoms with van der Waals surface area (Å²) >= 11 is 0. The van der Waals surface area contributed by atoms with E-state index in [1.807, 2.05) is 0 Å². The van der Waals surface area contributed by atoms with Crippen molar-refractivity contribution < 1.29 is 22.6 Å². The van der Waals surface area contributed by atoms with Crippen LogP contribution in [0.2, 0.25) is 0 Å². The van der Waals surface area contributed by atoms with Gasteiger partial charge >= 0.3 is 6.18 Å². The Morgan fingerprint density at radius 2 is 1.67 bits per heavy atom. The summed E-state index contributed by atoms with van der Waals surface area (Å²) in [5.41, 5.74) is 2.50. The van der Waals surface area contributed by atoms with Gasteiger partial charge in [0.25, 0.3) is 0 Å². The fourth-order valence-corrected chi connectivity index (χ4v) is 1.54. The van der Waals surface area contributed by atoms with E-state index in [4.69, 9.17) is 15.3 Å². The summed E-state index contributed by atoms with van der Waals surface area (Å²) in [6.07, 6.45) is -5.38. The van der Waals surface area contributed by atoms with Gasteiger partial charge in [-0.05, 0) is 17.7 Å². The second-order valence-corrected chi connectivity index (χ2v) is 3.68. The van der Waals surface area contributed by atoms with Crippen LogP contribution in [0.25, 0.3) is 0 Å². The third-order valence-corrected chi connectivity index (χ3v) is 2.41. The molecule has 7 heteroatoms. The number of hydrogen-bond acceptors (Lipinski definition) is 4. The van der Waals surface area contributed by atoms with Gasteiger partial charge in [-0.2, -0.15) is 13.2 Å². The van der Waals surface area contributed by atoms with Crippen LogP contribution in [0.15, 0.2) is 18.2 Å². The van der Waals surface area contributed by atoms with E-state index >= 15 is 0 Å². The van der Waals surface area contributed by atoms with E-state index in [0.717, 1.165) is 0 Å². The molecule has 4 nitrogen and oxygen atoms in total. The van der Waals surface area contributed by atoms with Crippen LogP contribution in [0, 0.1) is 0 Å². The lowest BCUT2D eigenvalue weighted by Crippen LogP contribution is -2.31. The molecule has 18 heavy (non-hydrogen) atoms. The van der Waals surface area contributed by atoms with Crippen LogP contribution in [0.3, 0.4) is 0 Å². The lowest BCUT2D eigenvalue weighted by molar-refractivity contribution is -0.140. The largest absolute Gasteiger partial charge is 0.497 e. The van der Waals surface area contributed by atoms with Crippen LogP contribution in [-0.2, 0) is 0 Å². The minimum Gasteiger partial charge on any atom is -0.497 e. The smallest absolute Gasteiger partial charge is 0.390 e. The molecule has 0 amide bonds. The maximum absolute atomic E-state index is 12.4. The topological polar surface area (TPSA) is 56.5 Å². The monoisotopic (exact) mass is 264 g/mol. The molecule has 0 aliphatic rings. The molecule has 0 saturated heterocycles. The van der Waals surface area contributed by atoms with Gasteiger partial charge in [0, 0.05) is 6.07 Å². The summed E-state index contributed by atoms with van der Waals surface area (Å²) < 4.78 is 47.1. The van der Waals surface area contributed by atoms with Crippen molar-refractivity contribution in [2.45, 2.75) is 18.6 Å². The highest BCUT2D eigenvalue weighted by Gasteiger charge is 2.32. The summed E-state index contributed by atoms with van der Waals surface area (Å²) in [6, 6.07) is 3.50. The van der Waals surface area contributed by atoms with Gasteiger partial charge in [-0.1, -0.05) is 0 Å². The lowest BCUT2D eigenvalue weighted by Gasteiger charge is -2.19. The molecule has 102 valence electrons. The summed E-state index contributed by atoms with van der Waals surface area (Å²) in [6.45, 7) is 0. The Morgan fingerprint density at radius 1 is 1.17 bits per heavy atom. The van der Waals surface area contributed by atoms with E-state index in [2.05, 4.69) is 5.43 Å². The second kappa shape index (κ2) is 5.92. The summed E-state index contributed by atoms with van der Waals surface area (Å²) in [5, 5.41) is 0. The highest BCUT2D eigenvalue weighted by Crippen LogP contribution is 2.32. The zero-order valence-corrected chi connectivity index (χ0v) is 10.0. The number of alkyl halides is 3. The summed E-state index contributed by atoms with van der Waals surface area (Å²) in [5.74, 6) is 5.98. The molecule has 0 aliphatic heterocycles. The number of hydrazine groups is 1. The van der Waals surface area contributed by atoms with E-state index in [9.17, 15) is 13.2 Å². The molecular weight excluding hydrogens is 249 g/mol. The lowest BCUT2D eigenvalue weighted by atomic mass is 10.0. The second-order valence-electron chi connectivity index (χ2n) is 3.68. The van der Waals surface area contributed by atoms with Crippen molar-refractivity contribution in [3.8, 4) is 11.5 Å². The van der Waals surface area contributed by atoms with Crippen molar-refractivity contribution in [2.24, 2.45) is 5.84 Å². The fraction of sp³-hybridized carbons (Fsp3) is 0.455. The van der Waals surface area contributed by atoms with Gasteiger partial charge in [0.15, 0.2) is 0 Å². The van der Waals surface area contributed by atoms with E-state index in [1.54, 1.807) is 6.07 Å². The highest BCUT2D eigenvalue weighted by molar-refractivity contribution is 5.39. The van der Waals surface area contributed by atoms with Gasteiger partial charge in [0.05, 0.1) is 26.7 Å². The Labute approximate surface area is 103 Å². The van der Waals surface area contributed by atoms with Crippen LogP contribution in [0.1, 0.15) is 18.0 Å². The third kappa shape index (κ3) is 4.08. The maximum Gasteiger partial charge on any atom is 0.390 e. The first-order valence-electron chi connectivity index (χ1n) is 5.15. The first-order chi connectivity index (χ1) is 8.39. The number of nitrogens with two attached hydrogens (primary N) is 1. The average molecular weight is 264 g/mol. The van der Waals surface area contributed by atoms with E-state index in [-0.39, 0.29) is 0 Å². The predicted octanol–water partition coefficient (Wildman–Crippen LogP) is 2.16. The molecule has 1 unspecified atom stereocenters. The van der Waals surface area contributed by atoms with Crippen LogP contribution in [0.4, 0.5) is 13.2 Å². The Balaban J connectivity index is 3.04. The van der Waals surface area contributed by atoms with Crippen molar-refractivity contribution >= 4 is 0 Å². The van der Waals surface area contributed by atoms with Crippen molar-refractivity contribution in [1.82, 2.24) is 5.43 Å². The molecule has 0 saturated carbocycles. The van der Waals surface area contributed by atoms with Crippen LogP contribution in [-0.4, -0.2) is 20.4 Å². The average Bonchev–Trinajstić information content (AvgIpc) is 2.34. The van der Waals surface area contributed by atoms with E-state index < -0.39 is 18.6 Å². The summed E-state index contributed by atoms with van der Waals surface area (Å²) in [7, 11) is 2.85. The van der Waals surface area contributed by atoms with Crippen molar-refractivity contribution in [3.05, 3.63) is 23.8 Å². The predicted molar refractivity (Wildman–Crippen MR) is 60.3 cm³/mol. The first-order valence-corrected chi connectivity index (χ1v) is 5.15. The van der Waals surface area contributed by atoms with Crippen LogP contribution < -0.4 is 20.7 Å². The van der Waals surface area contributed by atoms with Gasteiger partial charge in [-0.25, -0.2) is 0 Å². The number of benzene rings is 1. The van der Waals surface area contributed by atoms with E-state index in [0.29, 0.717) is 17.1 Å². The zero-order valence-electron chi connectivity index (χ0n) is 10.0. The van der Waals surface area contributed by atoms with Crippen LogP contribution in [0.5, 0.6) is 11.5 Å². The third-order valence-electron chi connectivity index (χ3n) is 2.41. The molecule has 1 rings (SSSR count). The molecule has 0 aliphatic carbocycles. The quantitative estimate of drug-likeness (QED) is 0.632. The Bertz CT molecular complexity index is 374. The Morgan fingerprint density at radius 3 is 2.00 bits per heavy atom. The molecule has 1 aromatic rings. The van der Waals surface area contributed by atoms with Gasteiger partial charge < -0.3 is 9.47 Å². The van der Waals surface area contributed by atoms with E-state index in [1.165, 1.54) is 26.4 Å². The molecule has 0 fully saturated rings. The SMILES string of the molecule is COc1cc(OC)cc(C(CC(F)(F)F)NN)c1. The number of hydrogen-bond donors (Lipinski definition) is 2. The molecule has 0 aromatic heterocycles. The number of ether oxygens (including phenoxy) is 2. The zero-order chi connectivity index (χ0) is 13.8. The molecule has 1 aromatic carbocycles. The number of rotatable bonds is 5. The Hall–Kier alpha value is -1.47. The van der Waals surface area contributed by atoms with Gasteiger partial charge in [-0.3, -0.25) is 11.3 Å². The fourth-order valence-electron chi connectivity index (χ4n) is 1.54. The summed E-state index contributed by atoms with van der Waals surface area (Å²) in [4.78, 5) is 0.